The van der Waals surface area contributed by atoms with Gasteiger partial charge in [-0.15, -0.1) is 11.3 Å². The van der Waals surface area contributed by atoms with E-state index in [-0.39, 0.29) is 24.5 Å². The zero-order valence-electron chi connectivity index (χ0n) is 17.3. The van der Waals surface area contributed by atoms with Gasteiger partial charge in [0.15, 0.2) is 5.78 Å². The minimum absolute atomic E-state index is 0.0239. The average Bonchev–Trinajstić information content (AvgIpc) is 3.47. The number of thiophene rings is 1. The van der Waals surface area contributed by atoms with Crippen LogP contribution in [0, 0.1) is 11.8 Å². The van der Waals surface area contributed by atoms with Crippen molar-refractivity contribution < 1.29 is 19.1 Å². The Balaban J connectivity index is 1.71. The van der Waals surface area contributed by atoms with E-state index in [0.717, 1.165) is 18.5 Å². The number of ether oxygens (including phenoxy) is 1. The second-order valence-electron chi connectivity index (χ2n) is 7.91. The highest BCUT2D eigenvalue weighted by molar-refractivity contribution is 7.12. The number of nitrogens with zero attached hydrogens (tertiary/aromatic N) is 1. The molecule has 0 radical (unpaired) electrons. The lowest BCUT2D eigenvalue weighted by Gasteiger charge is -2.27. The molecule has 0 spiro atoms. The Labute approximate surface area is 180 Å². The van der Waals surface area contributed by atoms with E-state index in [1.165, 1.54) is 44.0 Å². The van der Waals surface area contributed by atoms with Crippen molar-refractivity contribution in [3.8, 4) is 0 Å². The molecule has 2 N–H and O–H groups in total. The van der Waals surface area contributed by atoms with Crippen molar-refractivity contribution in [3.63, 3.8) is 0 Å². The Morgan fingerprint density at radius 3 is 2.73 bits per heavy atom. The number of carbonyl (C=O) groups excluding carboxylic acids is 3. The van der Waals surface area contributed by atoms with Crippen LogP contribution in [0.15, 0.2) is 30.0 Å². The number of esters is 1. The fourth-order valence-electron chi connectivity index (χ4n) is 4.11. The number of carbonyl (C=O) groups is 3. The van der Waals surface area contributed by atoms with Gasteiger partial charge in [-0.25, -0.2) is 9.78 Å². The minimum Gasteiger partial charge on any atom is -0.467 e. The SMILES string of the molecule is COC(=O)[C@@H](Cc1cnc[nH]1)NC(=O)C(CC(=O)c1cccs1)CC1CCCCC1. The number of aromatic nitrogens is 2. The van der Waals surface area contributed by atoms with Crippen molar-refractivity contribution in [1.82, 2.24) is 15.3 Å². The summed E-state index contributed by atoms with van der Waals surface area (Å²) in [7, 11) is 1.30. The summed E-state index contributed by atoms with van der Waals surface area (Å²) in [5.74, 6) is -0.824. The molecule has 1 fully saturated rings. The Morgan fingerprint density at radius 1 is 1.30 bits per heavy atom. The Kier molecular flexibility index (Phi) is 8.19. The summed E-state index contributed by atoms with van der Waals surface area (Å²) in [6.07, 6.45) is 9.96. The number of Topliss-reactive ketones (excluding diaryl/α,β-unsaturated/α-hetero) is 1. The zero-order valence-corrected chi connectivity index (χ0v) is 18.1. The molecular formula is C22H29N3O4S. The number of methoxy groups -OCH3 is 1. The number of imidazole rings is 1. The molecule has 0 aliphatic heterocycles. The van der Waals surface area contributed by atoms with Gasteiger partial charge in [-0.3, -0.25) is 9.59 Å². The molecule has 1 amide bonds. The molecule has 3 rings (SSSR count). The second-order valence-corrected chi connectivity index (χ2v) is 8.85. The molecule has 8 heteroatoms. The van der Waals surface area contributed by atoms with Gasteiger partial charge in [-0.2, -0.15) is 0 Å². The van der Waals surface area contributed by atoms with Crippen LogP contribution < -0.4 is 5.32 Å². The van der Waals surface area contributed by atoms with Crippen molar-refractivity contribution in [2.45, 2.75) is 57.4 Å². The Morgan fingerprint density at radius 2 is 2.10 bits per heavy atom. The summed E-state index contributed by atoms with van der Waals surface area (Å²) < 4.78 is 4.88. The molecular weight excluding hydrogens is 402 g/mol. The lowest BCUT2D eigenvalue weighted by Crippen LogP contribution is -2.46. The summed E-state index contributed by atoms with van der Waals surface area (Å²) in [5.41, 5.74) is 0.726. The highest BCUT2D eigenvalue weighted by Crippen LogP contribution is 2.31. The lowest BCUT2D eigenvalue weighted by atomic mass is 9.81. The maximum absolute atomic E-state index is 13.2. The number of aromatic amines is 1. The van der Waals surface area contributed by atoms with Gasteiger partial charge in [-0.05, 0) is 23.8 Å². The molecule has 2 atom stereocenters. The molecule has 0 aromatic carbocycles. The molecule has 0 bridgehead atoms. The van der Waals surface area contributed by atoms with E-state index in [2.05, 4.69) is 15.3 Å². The number of amides is 1. The standard InChI is InChI=1S/C22H29N3O4S/c1-29-22(28)18(12-17-13-23-14-24-17)25-21(27)16(10-15-6-3-2-4-7-15)11-19(26)20-8-5-9-30-20/h5,8-9,13-16,18H,2-4,6-7,10-12H2,1H3,(H,23,24)(H,25,27)/t16?,18-/m1/s1. The van der Waals surface area contributed by atoms with Crippen molar-refractivity contribution in [2.75, 3.05) is 7.11 Å². The number of H-pyrrole nitrogens is 1. The highest BCUT2D eigenvalue weighted by atomic mass is 32.1. The van der Waals surface area contributed by atoms with Gasteiger partial charge in [0.05, 0.1) is 18.3 Å². The first-order valence-electron chi connectivity index (χ1n) is 10.5. The van der Waals surface area contributed by atoms with E-state index >= 15 is 0 Å². The third kappa shape index (κ3) is 6.26. The first kappa shape index (κ1) is 22.2. The topological polar surface area (TPSA) is 101 Å². The normalized spacial score (nSPS) is 16.6. The van der Waals surface area contributed by atoms with Crippen LogP contribution in [0.2, 0.25) is 0 Å². The predicted molar refractivity (Wildman–Crippen MR) is 114 cm³/mol. The molecule has 1 saturated carbocycles. The van der Waals surface area contributed by atoms with Gasteiger partial charge in [0, 0.05) is 30.7 Å². The van der Waals surface area contributed by atoms with Crippen LogP contribution in [-0.4, -0.2) is 40.8 Å². The molecule has 1 unspecified atom stereocenters. The third-order valence-corrected chi connectivity index (χ3v) is 6.63. The molecule has 0 saturated heterocycles. The maximum Gasteiger partial charge on any atom is 0.328 e. The Hall–Kier alpha value is -2.48. The van der Waals surface area contributed by atoms with Gasteiger partial charge in [0.1, 0.15) is 6.04 Å². The van der Waals surface area contributed by atoms with E-state index in [4.69, 9.17) is 4.74 Å². The number of rotatable bonds is 10. The molecule has 30 heavy (non-hydrogen) atoms. The maximum atomic E-state index is 13.2. The van der Waals surface area contributed by atoms with Crippen LogP contribution >= 0.6 is 11.3 Å². The number of nitrogens with one attached hydrogen (secondary N) is 2. The van der Waals surface area contributed by atoms with E-state index in [9.17, 15) is 14.4 Å². The number of hydrogen-bond donors (Lipinski definition) is 2. The quantitative estimate of drug-likeness (QED) is 0.443. The molecule has 2 aromatic rings. The zero-order chi connectivity index (χ0) is 21.3. The molecule has 162 valence electrons. The lowest BCUT2D eigenvalue weighted by molar-refractivity contribution is -0.145. The summed E-state index contributed by atoms with van der Waals surface area (Å²) in [6.45, 7) is 0. The summed E-state index contributed by atoms with van der Waals surface area (Å²) in [5, 5.41) is 4.70. The fraction of sp³-hybridized carbons (Fsp3) is 0.545. The van der Waals surface area contributed by atoms with Crippen molar-refractivity contribution in [1.29, 1.82) is 0 Å². The Bertz CT molecular complexity index is 814. The third-order valence-electron chi connectivity index (χ3n) is 5.72. The van der Waals surface area contributed by atoms with Crippen LogP contribution in [0.4, 0.5) is 0 Å². The van der Waals surface area contributed by atoms with Crippen LogP contribution in [0.3, 0.4) is 0 Å². The largest absolute Gasteiger partial charge is 0.467 e. The van der Waals surface area contributed by atoms with E-state index in [0.29, 0.717) is 17.2 Å². The van der Waals surface area contributed by atoms with Crippen LogP contribution in [0.5, 0.6) is 0 Å². The van der Waals surface area contributed by atoms with E-state index < -0.39 is 17.9 Å². The van der Waals surface area contributed by atoms with E-state index in [1.807, 2.05) is 11.4 Å². The molecule has 2 aromatic heterocycles. The van der Waals surface area contributed by atoms with Crippen LogP contribution in [0.25, 0.3) is 0 Å². The summed E-state index contributed by atoms with van der Waals surface area (Å²) in [6, 6.07) is 2.80. The highest BCUT2D eigenvalue weighted by Gasteiger charge is 2.31. The van der Waals surface area contributed by atoms with Crippen molar-refractivity contribution in [3.05, 3.63) is 40.6 Å². The number of hydrogen-bond acceptors (Lipinski definition) is 6. The summed E-state index contributed by atoms with van der Waals surface area (Å²) >= 11 is 1.39. The monoisotopic (exact) mass is 431 g/mol. The van der Waals surface area contributed by atoms with E-state index in [1.54, 1.807) is 12.3 Å². The second kappa shape index (κ2) is 11.1. The van der Waals surface area contributed by atoms with Crippen LogP contribution in [-0.2, 0) is 20.7 Å². The smallest absolute Gasteiger partial charge is 0.328 e. The van der Waals surface area contributed by atoms with Gasteiger partial charge < -0.3 is 15.0 Å². The average molecular weight is 432 g/mol. The minimum atomic E-state index is -0.825. The van der Waals surface area contributed by atoms with Gasteiger partial charge >= 0.3 is 5.97 Å². The fourth-order valence-corrected chi connectivity index (χ4v) is 4.79. The summed E-state index contributed by atoms with van der Waals surface area (Å²) in [4.78, 5) is 45.7. The van der Waals surface area contributed by atoms with Crippen molar-refractivity contribution >= 4 is 29.0 Å². The predicted octanol–water partition coefficient (Wildman–Crippen LogP) is 3.53. The molecule has 2 heterocycles. The first-order valence-corrected chi connectivity index (χ1v) is 11.4. The number of ketones is 1. The molecule has 1 aliphatic rings. The van der Waals surface area contributed by atoms with Gasteiger partial charge in [0.2, 0.25) is 5.91 Å². The molecule has 7 nitrogen and oxygen atoms in total. The molecule has 1 aliphatic carbocycles. The van der Waals surface area contributed by atoms with Gasteiger partial charge in [-0.1, -0.05) is 38.2 Å². The van der Waals surface area contributed by atoms with Crippen molar-refractivity contribution in [2.24, 2.45) is 11.8 Å². The first-order chi connectivity index (χ1) is 14.6. The van der Waals surface area contributed by atoms with Crippen LogP contribution in [0.1, 0.15) is 60.3 Å². The van der Waals surface area contributed by atoms with Gasteiger partial charge in [0.25, 0.3) is 0 Å².